The first-order chi connectivity index (χ1) is 21.8. The fourth-order valence-corrected chi connectivity index (χ4v) is 7.26. The van der Waals surface area contributed by atoms with E-state index in [1.54, 1.807) is 0 Å². The van der Waals surface area contributed by atoms with E-state index in [2.05, 4.69) is 48.7 Å². The van der Waals surface area contributed by atoms with Gasteiger partial charge in [0.25, 0.3) is 0 Å². The number of halogens is 1. The molecule has 0 amide bonds. The third-order valence-corrected chi connectivity index (χ3v) is 10.5. The van der Waals surface area contributed by atoms with Gasteiger partial charge in [0.1, 0.15) is 0 Å². The standard InChI is InChI=1S/C20H33NO2.C19H28ClNO/c1-16(2)18-8-5-7-17(13-18)15-23-12-4-3-10-20(22)19-9-6-11-21-14-19;20-18-8-3-6-16(13-18)19(22,17-7-4-12-21-14-17)11-2-1-5-15-9-10-15/h5,7-8,13,16,19-22H,3-4,6,9-12,14-15H2,1-2H3;3,6,8,13,15,17,21-22H,1-2,4-5,7,9-12,14H2. The molecule has 2 aliphatic heterocycles. The second-order valence-corrected chi connectivity index (χ2v) is 14.7. The number of aliphatic hydroxyl groups excluding tert-OH is 1. The lowest BCUT2D eigenvalue weighted by atomic mass is 9.74. The summed E-state index contributed by atoms with van der Waals surface area (Å²) in [6.45, 7) is 9.96. The molecule has 6 heteroatoms. The molecule has 4 N–H and O–H groups in total. The molecular weight excluding hydrogens is 580 g/mol. The average molecular weight is 641 g/mol. The summed E-state index contributed by atoms with van der Waals surface area (Å²) >= 11 is 6.17. The van der Waals surface area contributed by atoms with E-state index in [9.17, 15) is 10.2 Å². The van der Waals surface area contributed by atoms with Gasteiger partial charge < -0.3 is 25.6 Å². The minimum atomic E-state index is -0.734. The summed E-state index contributed by atoms with van der Waals surface area (Å²) in [5.74, 6) is 2.28. The zero-order chi connectivity index (χ0) is 31.9. The number of unbranched alkanes of at least 4 members (excludes halogenated alkanes) is 2. The van der Waals surface area contributed by atoms with Gasteiger partial charge in [0.05, 0.1) is 18.3 Å². The Labute approximate surface area is 278 Å². The first-order valence-corrected chi connectivity index (χ1v) is 18.5. The minimum Gasteiger partial charge on any atom is -0.393 e. The fourth-order valence-electron chi connectivity index (χ4n) is 7.07. The maximum atomic E-state index is 11.5. The van der Waals surface area contributed by atoms with Gasteiger partial charge in [0.2, 0.25) is 0 Å². The highest BCUT2D eigenvalue weighted by Crippen LogP contribution is 2.40. The van der Waals surface area contributed by atoms with Crippen LogP contribution < -0.4 is 10.6 Å². The highest BCUT2D eigenvalue weighted by atomic mass is 35.5. The van der Waals surface area contributed by atoms with E-state index in [1.165, 1.54) is 43.2 Å². The Morgan fingerprint density at radius 2 is 1.69 bits per heavy atom. The van der Waals surface area contributed by atoms with Crippen molar-refractivity contribution < 1.29 is 14.9 Å². The monoisotopic (exact) mass is 640 g/mol. The number of benzene rings is 2. The SMILES string of the molecule is CC(C)c1cccc(COCCCCC(O)C2CCCNC2)c1.OC(CCCCC1CC1)(c1cccc(Cl)c1)C1CCCNC1. The van der Waals surface area contributed by atoms with Crippen LogP contribution in [-0.4, -0.2) is 49.1 Å². The molecule has 1 saturated carbocycles. The molecule has 2 heterocycles. The number of rotatable bonds is 16. The van der Waals surface area contributed by atoms with Gasteiger partial charge in [-0.2, -0.15) is 0 Å². The van der Waals surface area contributed by atoms with E-state index >= 15 is 0 Å². The Morgan fingerprint density at radius 1 is 0.911 bits per heavy atom. The van der Waals surface area contributed by atoms with Crippen molar-refractivity contribution in [3.05, 3.63) is 70.2 Å². The van der Waals surface area contributed by atoms with Gasteiger partial charge in [-0.1, -0.05) is 94.0 Å². The highest BCUT2D eigenvalue weighted by molar-refractivity contribution is 6.30. The van der Waals surface area contributed by atoms with Crippen LogP contribution in [0.1, 0.15) is 120 Å². The molecular formula is C39H61ClN2O3. The number of hydrogen-bond acceptors (Lipinski definition) is 5. The predicted octanol–water partition coefficient (Wildman–Crippen LogP) is 8.36. The van der Waals surface area contributed by atoms with Crippen molar-refractivity contribution in [1.82, 2.24) is 10.6 Å². The zero-order valence-electron chi connectivity index (χ0n) is 28.1. The van der Waals surface area contributed by atoms with Crippen LogP contribution in [0.5, 0.6) is 0 Å². The van der Waals surface area contributed by atoms with Gasteiger partial charge >= 0.3 is 0 Å². The van der Waals surface area contributed by atoms with Crippen LogP contribution in [0.25, 0.3) is 0 Å². The molecule has 0 spiro atoms. The van der Waals surface area contributed by atoms with Crippen LogP contribution in [0.15, 0.2) is 48.5 Å². The summed E-state index contributed by atoms with van der Waals surface area (Å²) < 4.78 is 5.79. The zero-order valence-corrected chi connectivity index (χ0v) is 28.9. The maximum Gasteiger partial charge on any atom is 0.0937 e. The Hall–Kier alpha value is -1.47. The van der Waals surface area contributed by atoms with Crippen molar-refractivity contribution in [3.8, 4) is 0 Å². The first-order valence-electron chi connectivity index (χ1n) is 18.1. The third-order valence-electron chi connectivity index (χ3n) is 10.2. The molecule has 2 aromatic rings. The van der Waals surface area contributed by atoms with E-state index in [-0.39, 0.29) is 6.10 Å². The molecule has 4 atom stereocenters. The van der Waals surface area contributed by atoms with E-state index < -0.39 is 5.60 Å². The Bertz CT molecular complexity index is 1100. The van der Waals surface area contributed by atoms with Crippen molar-refractivity contribution in [3.63, 3.8) is 0 Å². The fraction of sp³-hybridized carbons (Fsp3) is 0.692. The second-order valence-electron chi connectivity index (χ2n) is 14.3. The summed E-state index contributed by atoms with van der Waals surface area (Å²) in [6.07, 6.45) is 14.8. The van der Waals surface area contributed by atoms with Gasteiger partial charge in [-0.15, -0.1) is 0 Å². The lowest BCUT2D eigenvalue weighted by Crippen LogP contribution is -2.44. The largest absolute Gasteiger partial charge is 0.393 e. The number of nitrogens with one attached hydrogen (secondary N) is 2. The lowest BCUT2D eigenvalue weighted by Gasteiger charge is -2.39. The molecule has 0 radical (unpaired) electrons. The van der Waals surface area contributed by atoms with Crippen LogP contribution in [0.4, 0.5) is 0 Å². The van der Waals surface area contributed by atoms with E-state index in [0.29, 0.717) is 24.4 Å². The minimum absolute atomic E-state index is 0.148. The van der Waals surface area contributed by atoms with E-state index in [4.69, 9.17) is 16.3 Å². The van der Waals surface area contributed by atoms with Gasteiger partial charge in [0.15, 0.2) is 0 Å². The molecule has 3 aliphatic rings. The molecule has 2 saturated heterocycles. The summed E-state index contributed by atoms with van der Waals surface area (Å²) in [5, 5.41) is 29.3. The number of hydrogen-bond donors (Lipinski definition) is 4. The molecule has 0 bridgehead atoms. The topological polar surface area (TPSA) is 73.8 Å². The summed E-state index contributed by atoms with van der Waals surface area (Å²) in [6, 6.07) is 16.5. The predicted molar refractivity (Wildman–Crippen MR) is 188 cm³/mol. The van der Waals surface area contributed by atoms with Crippen molar-refractivity contribution in [1.29, 1.82) is 0 Å². The van der Waals surface area contributed by atoms with Gasteiger partial charge in [0, 0.05) is 30.6 Å². The molecule has 0 aromatic heterocycles. The quantitative estimate of drug-likeness (QED) is 0.139. The van der Waals surface area contributed by atoms with Gasteiger partial charge in [-0.05, 0) is 111 Å². The lowest BCUT2D eigenvalue weighted by molar-refractivity contribution is -0.0427. The Kier molecular flexibility index (Phi) is 15.7. The van der Waals surface area contributed by atoms with Crippen LogP contribution in [-0.2, 0) is 16.9 Å². The van der Waals surface area contributed by atoms with Crippen LogP contribution in [0.3, 0.4) is 0 Å². The average Bonchev–Trinajstić information content (AvgIpc) is 3.90. The third kappa shape index (κ3) is 12.6. The maximum absolute atomic E-state index is 11.5. The molecule has 45 heavy (non-hydrogen) atoms. The molecule has 1 aliphatic carbocycles. The molecule has 3 fully saturated rings. The number of piperidine rings is 2. The molecule has 4 unspecified atom stereocenters. The molecule has 5 nitrogen and oxygen atoms in total. The Morgan fingerprint density at radius 3 is 2.38 bits per heavy atom. The van der Waals surface area contributed by atoms with Crippen molar-refractivity contribution in [2.45, 2.75) is 122 Å². The van der Waals surface area contributed by atoms with Crippen LogP contribution in [0, 0.1) is 17.8 Å². The summed E-state index contributed by atoms with van der Waals surface area (Å²) in [5.41, 5.74) is 2.89. The first kappa shape index (κ1) is 36.4. The van der Waals surface area contributed by atoms with Crippen molar-refractivity contribution in [2.24, 2.45) is 17.8 Å². The number of aliphatic hydroxyl groups is 2. The highest BCUT2D eigenvalue weighted by Gasteiger charge is 2.38. The van der Waals surface area contributed by atoms with Crippen LogP contribution >= 0.6 is 11.6 Å². The number of ether oxygens (including phenoxy) is 1. The van der Waals surface area contributed by atoms with Crippen molar-refractivity contribution >= 4 is 11.6 Å². The summed E-state index contributed by atoms with van der Waals surface area (Å²) in [4.78, 5) is 0. The second kappa shape index (κ2) is 19.4. The smallest absolute Gasteiger partial charge is 0.0937 e. The molecule has 252 valence electrons. The van der Waals surface area contributed by atoms with E-state index in [0.717, 1.165) is 101 Å². The van der Waals surface area contributed by atoms with E-state index in [1.807, 2.05) is 24.3 Å². The van der Waals surface area contributed by atoms with Crippen LogP contribution in [0.2, 0.25) is 5.02 Å². The van der Waals surface area contributed by atoms with Gasteiger partial charge in [-0.3, -0.25) is 0 Å². The van der Waals surface area contributed by atoms with Gasteiger partial charge in [-0.25, -0.2) is 0 Å². The van der Waals surface area contributed by atoms with Crippen molar-refractivity contribution in [2.75, 3.05) is 32.8 Å². The Balaban J connectivity index is 0.000000205. The molecule has 5 rings (SSSR count). The molecule has 2 aromatic carbocycles. The summed E-state index contributed by atoms with van der Waals surface area (Å²) in [7, 11) is 0. The normalized spacial score (nSPS) is 22.4.